The molecule has 13 aromatic rings. The van der Waals surface area contributed by atoms with Crippen molar-refractivity contribution in [2.75, 3.05) is 4.90 Å². The first-order valence-electron chi connectivity index (χ1n) is 25.6. The fourth-order valence-corrected chi connectivity index (χ4v) is 13.5. The molecule has 0 amide bonds. The molecule has 2 heterocycles. The zero-order valence-electron chi connectivity index (χ0n) is 40.7. The van der Waals surface area contributed by atoms with Gasteiger partial charge in [-0.1, -0.05) is 176 Å². The van der Waals surface area contributed by atoms with E-state index in [0.29, 0.717) is 0 Å². The SMILES string of the molecule is C(=C(\Cc1ccc2sc3ccccc3c2c1)c1ccc2c(c1)-c1ccc(N(c3ccc(/C(=C/c4ccccc4)c4ccc5ccccc5c4)cc3)c3ccc4sc5ccccc5c4c3)cc1CC2)/c1ccccc1. The highest BCUT2D eigenvalue weighted by Gasteiger charge is 2.22. The first-order valence-corrected chi connectivity index (χ1v) is 27.3. The lowest BCUT2D eigenvalue weighted by Gasteiger charge is -2.28. The molecule has 0 bridgehead atoms. The zero-order chi connectivity index (χ0) is 49.0. The van der Waals surface area contributed by atoms with Crippen LogP contribution in [0.5, 0.6) is 0 Å². The van der Waals surface area contributed by atoms with Crippen molar-refractivity contribution in [2.24, 2.45) is 0 Å². The molecule has 1 nitrogen and oxygen atoms in total. The molecule has 0 radical (unpaired) electrons. The molecule has 1 aliphatic carbocycles. The molecule has 11 aromatic carbocycles. The third-order valence-electron chi connectivity index (χ3n) is 15.0. The van der Waals surface area contributed by atoms with Crippen molar-refractivity contribution in [3.05, 3.63) is 293 Å². The number of hydrogen-bond donors (Lipinski definition) is 0. The van der Waals surface area contributed by atoms with Crippen LogP contribution in [0.25, 0.3) is 85.5 Å². The fourth-order valence-electron chi connectivity index (χ4n) is 11.3. The van der Waals surface area contributed by atoms with E-state index in [1.54, 1.807) is 0 Å². The highest BCUT2D eigenvalue weighted by atomic mass is 32.1. The average Bonchev–Trinajstić information content (AvgIpc) is 4.03. The number of benzene rings is 11. The minimum Gasteiger partial charge on any atom is -0.310 e. The van der Waals surface area contributed by atoms with Crippen LogP contribution in [0.4, 0.5) is 17.1 Å². The Morgan fingerprint density at radius 3 is 1.69 bits per heavy atom. The second-order valence-corrected chi connectivity index (χ2v) is 21.8. The lowest BCUT2D eigenvalue weighted by molar-refractivity contribution is 0.940. The number of anilines is 3. The Kier molecular flexibility index (Phi) is 11.2. The van der Waals surface area contributed by atoms with Gasteiger partial charge in [-0.05, 0) is 182 Å². The molecule has 3 heteroatoms. The van der Waals surface area contributed by atoms with E-state index >= 15 is 0 Å². The molecule has 0 saturated carbocycles. The summed E-state index contributed by atoms with van der Waals surface area (Å²) >= 11 is 3.75. The summed E-state index contributed by atoms with van der Waals surface area (Å²) in [5.41, 5.74) is 18.7. The molecule has 1 aliphatic rings. The van der Waals surface area contributed by atoms with E-state index in [0.717, 1.165) is 36.3 Å². The van der Waals surface area contributed by atoms with Crippen molar-refractivity contribution in [1.82, 2.24) is 0 Å². The van der Waals surface area contributed by atoms with E-state index in [9.17, 15) is 0 Å². The highest BCUT2D eigenvalue weighted by molar-refractivity contribution is 7.26. The third kappa shape index (κ3) is 8.31. The van der Waals surface area contributed by atoms with Gasteiger partial charge in [-0.15, -0.1) is 22.7 Å². The summed E-state index contributed by atoms with van der Waals surface area (Å²) in [5, 5.41) is 7.75. The summed E-state index contributed by atoms with van der Waals surface area (Å²) in [4.78, 5) is 2.46. The predicted octanol–water partition coefficient (Wildman–Crippen LogP) is 20.2. The first-order chi connectivity index (χ1) is 36.6. The Morgan fingerprint density at radius 2 is 0.932 bits per heavy atom. The average molecular weight is 980 g/mol. The molecule has 0 atom stereocenters. The van der Waals surface area contributed by atoms with Crippen LogP contribution in [-0.4, -0.2) is 0 Å². The Morgan fingerprint density at radius 1 is 0.365 bits per heavy atom. The van der Waals surface area contributed by atoms with Gasteiger partial charge in [0.15, 0.2) is 0 Å². The molecule has 14 rings (SSSR count). The van der Waals surface area contributed by atoms with Gasteiger partial charge in [-0.3, -0.25) is 0 Å². The Balaban J connectivity index is 0.862. The summed E-state index contributed by atoms with van der Waals surface area (Å²) in [7, 11) is 0. The summed E-state index contributed by atoms with van der Waals surface area (Å²) < 4.78 is 5.29. The van der Waals surface area contributed by atoms with Crippen LogP contribution in [0.15, 0.2) is 249 Å². The van der Waals surface area contributed by atoms with Crippen molar-refractivity contribution in [3.8, 4) is 11.1 Å². The van der Waals surface area contributed by atoms with Crippen LogP contribution in [0, 0.1) is 0 Å². The molecule has 0 N–H and O–H groups in total. The van der Waals surface area contributed by atoms with Gasteiger partial charge >= 0.3 is 0 Å². The lowest BCUT2D eigenvalue weighted by atomic mass is 9.83. The number of allylic oxidation sites excluding steroid dienone is 1. The monoisotopic (exact) mass is 979 g/mol. The number of hydrogen-bond acceptors (Lipinski definition) is 3. The number of rotatable bonds is 10. The van der Waals surface area contributed by atoms with Crippen LogP contribution in [0.1, 0.15) is 44.5 Å². The predicted molar refractivity (Wildman–Crippen MR) is 322 cm³/mol. The van der Waals surface area contributed by atoms with Gasteiger partial charge < -0.3 is 4.90 Å². The quantitative estimate of drug-likeness (QED) is 0.123. The second kappa shape index (κ2) is 18.8. The molecule has 0 spiro atoms. The molecular formula is C71H49NS2. The third-order valence-corrected chi connectivity index (χ3v) is 17.3. The van der Waals surface area contributed by atoms with Crippen LogP contribution in [-0.2, 0) is 19.3 Å². The summed E-state index contributed by atoms with van der Waals surface area (Å²) in [6.45, 7) is 0. The maximum Gasteiger partial charge on any atom is 0.0468 e. The van der Waals surface area contributed by atoms with Gasteiger partial charge in [-0.2, -0.15) is 0 Å². The van der Waals surface area contributed by atoms with Gasteiger partial charge in [-0.25, -0.2) is 0 Å². The van der Waals surface area contributed by atoms with Crippen molar-refractivity contribution in [1.29, 1.82) is 0 Å². The summed E-state index contributed by atoms with van der Waals surface area (Å²) in [6, 6.07) is 92.3. The standard InChI is InChI=1S/C71H49NS2/c1-3-13-47(14-4-1)39-57(40-49-23-37-70-66(42-49)62-19-9-11-21-68(62)73-70)54-27-25-52-26-29-56-44-59(34-36-61(56)65(52)45-54)72(60-35-38-71-67(46-60)63-20-10-12-22-69(63)74-71)58-32-30-51(31-33-58)64(41-48-15-5-2-6-16-48)55-28-24-50-17-7-8-18-53(50)43-55/h1-25,27-28,30-39,41-46H,26,29,40H2/b57-39-,64-41-. The Labute approximate surface area is 439 Å². The topological polar surface area (TPSA) is 3.24 Å². The summed E-state index contributed by atoms with van der Waals surface area (Å²) in [5.74, 6) is 0. The first kappa shape index (κ1) is 44.1. The van der Waals surface area contributed by atoms with E-state index in [1.807, 2.05) is 22.7 Å². The fraction of sp³-hybridized carbons (Fsp3) is 0.0423. The molecule has 74 heavy (non-hydrogen) atoms. The van der Waals surface area contributed by atoms with Gasteiger partial charge in [0, 0.05) is 57.4 Å². The van der Waals surface area contributed by atoms with E-state index in [2.05, 4.69) is 266 Å². The van der Waals surface area contributed by atoms with E-state index in [1.165, 1.54) is 118 Å². The number of thiophene rings is 2. The van der Waals surface area contributed by atoms with Crippen LogP contribution >= 0.6 is 22.7 Å². The molecular weight excluding hydrogens is 931 g/mol. The molecule has 2 aromatic heterocycles. The highest BCUT2D eigenvalue weighted by Crippen LogP contribution is 2.45. The van der Waals surface area contributed by atoms with Crippen molar-refractivity contribution < 1.29 is 0 Å². The Bertz CT molecular complexity index is 4330. The van der Waals surface area contributed by atoms with E-state index < -0.39 is 0 Å². The second-order valence-electron chi connectivity index (χ2n) is 19.6. The molecule has 0 unspecified atom stereocenters. The minimum atomic E-state index is 0.836. The maximum absolute atomic E-state index is 2.47. The molecule has 0 saturated heterocycles. The minimum absolute atomic E-state index is 0.836. The van der Waals surface area contributed by atoms with Crippen molar-refractivity contribution >= 4 is 114 Å². The number of fused-ring (bicyclic) bond motifs is 10. The van der Waals surface area contributed by atoms with Gasteiger partial charge in [0.2, 0.25) is 0 Å². The van der Waals surface area contributed by atoms with E-state index in [4.69, 9.17) is 0 Å². The number of nitrogens with zero attached hydrogens (tertiary/aromatic N) is 1. The maximum atomic E-state index is 2.47. The van der Waals surface area contributed by atoms with Gasteiger partial charge in [0.1, 0.15) is 0 Å². The van der Waals surface area contributed by atoms with Crippen molar-refractivity contribution in [3.63, 3.8) is 0 Å². The number of aryl methyl sites for hydroxylation is 2. The molecule has 0 fully saturated rings. The van der Waals surface area contributed by atoms with Gasteiger partial charge in [0.25, 0.3) is 0 Å². The largest absolute Gasteiger partial charge is 0.310 e. The zero-order valence-corrected chi connectivity index (χ0v) is 42.3. The molecule has 350 valence electrons. The van der Waals surface area contributed by atoms with E-state index in [-0.39, 0.29) is 0 Å². The van der Waals surface area contributed by atoms with Crippen LogP contribution < -0.4 is 4.90 Å². The van der Waals surface area contributed by atoms with Crippen LogP contribution in [0.2, 0.25) is 0 Å². The lowest BCUT2D eigenvalue weighted by Crippen LogP contribution is -2.12. The Hall–Kier alpha value is -8.60. The van der Waals surface area contributed by atoms with Gasteiger partial charge in [0.05, 0.1) is 0 Å². The van der Waals surface area contributed by atoms with Crippen molar-refractivity contribution in [2.45, 2.75) is 19.3 Å². The van der Waals surface area contributed by atoms with Crippen LogP contribution in [0.3, 0.4) is 0 Å². The normalized spacial score (nSPS) is 12.7. The molecule has 0 aliphatic heterocycles. The smallest absolute Gasteiger partial charge is 0.0468 e. The summed E-state index contributed by atoms with van der Waals surface area (Å²) in [6.07, 6.45) is 7.53.